The van der Waals surface area contributed by atoms with E-state index in [9.17, 15) is 9.18 Å². The van der Waals surface area contributed by atoms with E-state index in [0.717, 1.165) is 63.0 Å². The quantitative estimate of drug-likeness (QED) is 0.502. The minimum absolute atomic E-state index is 0.111. The van der Waals surface area contributed by atoms with Crippen LogP contribution in [0.1, 0.15) is 54.2 Å². The second kappa shape index (κ2) is 11.4. The van der Waals surface area contributed by atoms with Gasteiger partial charge in [-0.05, 0) is 74.4 Å². The highest BCUT2D eigenvalue weighted by atomic mass is 19.1. The van der Waals surface area contributed by atoms with Crippen molar-refractivity contribution >= 4 is 11.7 Å². The molecule has 2 aromatic heterocycles. The largest absolute Gasteiger partial charge is 0.357 e. The van der Waals surface area contributed by atoms with E-state index in [1.165, 1.54) is 24.5 Å². The van der Waals surface area contributed by atoms with Crippen LogP contribution >= 0.6 is 0 Å². The van der Waals surface area contributed by atoms with Crippen LogP contribution in [0.3, 0.4) is 0 Å². The van der Waals surface area contributed by atoms with Crippen molar-refractivity contribution in [1.29, 1.82) is 0 Å². The second-order valence-corrected chi connectivity index (χ2v) is 10.6. The van der Waals surface area contributed by atoms with E-state index in [0.29, 0.717) is 16.7 Å². The smallest absolute Gasteiger partial charge is 0.251 e. The van der Waals surface area contributed by atoms with Crippen molar-refractivity contribution in [2.24, 2.45) is 5.92 Å². The molecule has 0 spiro atoms. The molecule has 2 aliphatic rings. The van der Waals surface area contributed by atoms with Gasteiger partial charge in [0.05, 0.1) is 0 Å². The molecule has 0 atom stereocenters. The van der Waals surface area contributed by atoms with Crippen LogP contribution in [0, 0.1) is 18.7 Å². The Morgan fingerprint density at radius 3 is 2.43 bits per heavy atom. The number of carbonyl (C=O) groups excluding carboxylic acids is 1. The molecule has 0 radical (unpaired) electrons. The maximum Gasteiger partial charge on any atom is 0.251 e. The minimum atomic E-state index is -0.358. The summed E-state index contributed by atoms with van der Waals surface area (Å²) in [5.74, 6) is 1.38. The van der Waals surface area contributed by atoms with Crippen molar-refractivity contribution in [2.45, 2.75) is 52.1 Å². The molecule has 1 N–H and O–H groups in total. The zero-order chi connectivity index (χ0) is 25.8. The maximum atomic E-state index is 14.5. The maximum absolute atomic E-state index is 14.5. The van der Waals surface area contributed by atoms with Crippen LogP contribution in [0.25, 0.3) is 11.1 Å². The Balaban J connectivity index is 1.12. The summed E-state index contributed by atoms with van der Waals surface area (Å²) in [6, 6.07) is 12.7. The number of halogens is 1. The van der Waals surface area contributed by atoms with E-state index in [1.807, 2.05) is 25.3 Å². The van der Waals surface area contributed by atoms with Gasteiger partial charge >= 0.3 is 0 Å². The third-order valence-corrected chi connectivity index (χ3v) is 7.70. The van der Waals surface area contributed by atoms with Crippen molar-refractivity contribution in [2.75, 3.05) is 31.1 Å². The van der Waals surface area contributed by atoms with E-state index in [4.69, 9.17) is 4.98 Å². The van der Waals surface area contributed by atoms with Crippen molar-refractivity contribution in [3.05, 3.63) is 77.5 Å². The van der Waals surface area contributed by atoms with E-state index in [-0.39, 0.29) is 17.8 Å². The topological polar surface area (TPSA) is 61.4 Å². The average Bonchev–Trinajstić information content (AvgIpc) is 2.91. The Hall–Kier alpha value is -3.32. The monoisotopic (exact) mass is 501 g/mol. The van der Waals surface area contributed by atoms with Crippen LogP contribution in [-0.4, -0.2) is 53.0 Å². The number of carbonyl (C=O) groups is 1. The van der Waals surface area contributed by atoms with E-state index < -0.39 is 0 Å². The van der Waals surface area contributed by atoms with Crippen LogP contribution in [-0.2, 0) is 6.54 Å². The first-order valence-corrected chi connectivity index (χ1v) is 13.4. The Morgan fingerprint density at radius 1 is 0.973 bits per heavy atom. The molecule has 1 amide bonds. The highest BCUT2D eigenvalue weighted by Gasteiger charge is 2.22. The number of rotatable bonds is 6. The van der Waals surface area contributed by atoms with E-state index in [2.05, 4.69) is 39.2 Å². The summed E-state index contributed by atoms with van der Waals surface area (Å²) >= 11 is 0. The number of hydrogen-bond acceptors (Lipinski definition) is 5. The van der Waals surface area contributed by atoms with Crippen molar-refractivity contribution in [3.63, 3.8) is 0 Å². The SMILES string of the molecule is Cc1ccc(-c2cc(C(=O)NC3CCN(Cc4ccc(N5CCC(C)CC5)nc4)CC3)ccc2F)cn1. The molecule has 37 heavy (non-hydrogen) atoms. The van der Waals surface area contributed by atoms with Gasteiger partial charge in [0.15, 0.2) is 0 Å². The van der Waals surface area contributed by atoms with Crippen molar-refractivity contribution < 1.29 is 9.18 Å². The molecule has 7 heteroatoms. The summed E-state index contributed by atoms with van der Waals surface area (Å²) in [6.45, 7) is 9.10. The molecule has 2 saturated heterocycles. The summed E-state index contributed by atoms with van der Waals surface area (Å²) in [4.78, 5) is 26.7. The lowest BCUT2D eigenvalue weighted by Gasteiger charge is -2.33. The Kier molecular flexibility index (Phi) is 7.79. The molecule has 6 nitrogen and oxygen atoms in total. The Bertz CT molecular complexity index is 1200. The molecule has 0 aliphatic carbocycles. The van der Waals surface area contributed by atoms with Gasteiger partial charge in [0.25, 0.3) is 5.91 Å². The van der Waals surface area contributed by atoms with Crippen LogP contribution in [0.4, 0.5) is 10.2 Å². The highest BCUT2D eigenvalue weighted by molar-refractivity contribution is 5.95. The predicted octanol–water partition coefficient (Wildman–Crippen LogP) is 5.22. The number of aromatic nitrogens is 2. The first-order valence-electron chi connectivity index (χ1n) is 13.4. The fourth-order valence-electron chi connectivity index (χ4n) is 5.21. The lowest BCUT2D eigenvalue weighted by Crippen LogP contribution is -2.44. The zero-order valence-electron chi connectivity index (χ0n) is 21.8. The summed E-state index contributed by atoms with van der Waals surface area (Å²) < 4.78 is 14.5. The number of piperidine rings is 2. The van der Waals surface area contributed by atoms with Crippen LogP contribution in [0.15, 0.2) is 54.9 Å². The van der Waals surface area contributed by atoms with E-state index >= 15 is 0 Å². The molecule has 4 heterocycles. The fourth-order valence-corrected chi connectivity index (χ4v) is 5.21. The van der Waals surface area contributed by atoms with Crippen molar-refractivity contribution in [3.8, 4) is 11.1 Å². The third kappa shape index (κ3) is 6.34. The van der Waals surface area contributed by atoms with Gasteiger partial charge in [-0.1, -0.05) is 19.1 Å². The normalized spacial score (nSPS) is 17.6. The van der Waals surface area contributed by atoms with Gasteiger partial charge in [-0.3, -0.25) is 14.7 Å². The molecule has 0 unspecified atom stereocenters. The van der Waals surface area contributed by atoms with Crippen LogP contribution in [0.5, 0.6) is 0 Å². The number of anilines is 1. The summed E-state index contributed by atoms with van der Waals surface area (Å²) in [6.07, 6.45) is 7.90. The first kappa shape index (κ1) is 25.3. The summed E-state index contributed by atoms with van der Waals surface area (Å²) in [7, 11) is 0. The number of amides is 1. The second-order valence-electron chi connectivity index (χ2n) is 10.6. The van der Waals surface area contributed by atoms with Gasteiger partial charge in [0.2, 0.25) is 0 Å². The van der Waals surface area contributed by atoms with Gasteiger partial charge in [0.1, 0.15) is 11.6 Å². The molecule has 3 aromatic rings. The molecule has 194 valence electrons. The van der Waals surface area contributed by atoms with E-state index in [1.54, 1.807) is 18.3 Å². The number of benzene rings is 1. The standard InChI is InChI=1S/C30H36FN5O/c1-21-9-15-36(16-10-21)29-8-4-23(18-33-29)20-35-13-11-26(12-14-35)34-30(37)24-6-7-28(31)27(17-24)25-5-3-22(2)32-19-25/h3-8,17-19,21,26H,9-16,20H2,1-2H3,(H,34,37). The molecular formula is C30H36FN5O. The Labute approximate surface area is 218 Å². The van der Waals surface area contributed by atoms with Gasteiger partial charge in [0, 0.05) is 73.5 Å². The zero-order valence-corrected chi connectivity index (χ0v) is 21.8. The first-order chi connectivity index (χ1) is 17.9. The predicted molar refractivity (Wildman–Crippen MR) is 145 cm³/mol. The number of nitrogens with zero attached hydrogens (tertiary/aromatic N) is 4. The number of likely N-dealkylation sites (tertiary alicyclic amines) is 1. The molecular weight excluding hydrogens is 465 g/mol. The summed E-state index contributed by atoms with van der Waals surface area (Å²) in [5, 5.41) is 3.15. The Morgan fingerprint density at radius 2 is 1.76 bits per heavy atom. The number of pyridine rings is 2. The van der Waals surface area contributed by atoms with Crippen LogP contribution < -0.4 is 10.2 Å². The molecule has 0 saturated carbocycles. The number of nitrogens with one attached hydrogen (secondary N) is 1. The number of hydrogen-bond donors (Lipinski definition) is 1. The fraction of sp³-hybridized carbons (Fsp3) is 0.433. The lowest BCUT2D eigenvalue weighted by atomic mass is 9.99. The van der Waals surface area contributed by atoms with Gasteiger partial charge in [-0.25, -0.2) is 9.37 Å². The van der Waals surface area contributed by atoms with Gasteiger partial charge < -0.3 is 10.2 Å². The highest BCUT2D eigenvalue weighted by Crippen LogP contribution is 2.25. The molecule has 1 aromatic carbocycles. The number of aryl methyl sites for hydroxylation is 1. The average molecular weight is 502 g/mol. The van der Waals surface area contributed by atoms with Crippen molar-refractivity contribution in [1.82, 2.24) is 20.2 Å². The van der Waals surface area contributed by atoms with Gasteiger partial charge in [-0.2, -0.15) is 0 Å². The molecule has 2 aliphatic heterocycles. The third-order valence-electron chi connectivity index (χ3n) is 7.70. The lowest BCUT2D eigenvalue weighted by molar-refractivity contribution is 0.0909. The minimum Gasteiger partial charge on any atom is -0.357 e. The molecule has 2 fully saturated rings. The van der Waals surface area contributed by atoms with Crippen LogP contribution in [0.2, 0.25) is 0 Å². The molecule has 0 bridgehead atoms. The van der Waals surface area contributed by atoms with Gasteiger partial charge in [-0.15, -0.1) is 0 Å². The summed E-state index contributed by atoms with van der Waals surface area (Å²) in [5.41, 5.74) is 3.61. The molecule has 5 rings (SSSR count).